The maximum atomic E-state index is 12.5. The van der Waals surface area contributed by atoms with Crippen LogP contribution in [0.5, 0.6) is 0 Å². The minimum Gasteiger partial charge on any atom is -0.459 e. The molecule has 0 aliphatic rings. The Balaban J connectivity index is 3.31. The first-order chi connectivity index (χ1) is 7.81. The van der Waals surface area contributed by atoms with Gasteiger partial charge in [0, 0.05) is 0 Å². The molecule has 0 radical (unpaired) electrons. The normalized spacial score (nSPS) is 13.5. The number of alkyl halides is 1. The molecule has 0 bridgehead atoms. The van der Waals surface area contributed by atoms with E-state index in [0.717, 1.165) is 25.0 Å². The summed E-state index contributed by atoms with van der Waals surface area (Å²) in [5.41, 5.74) is -0.394. The summed E-state index contributed by atoms with van der Waals surface area (Å²) in [6, 6.07) is 0. The van der Waals surface area contributed by atoms with E-state index in [1.54, 1.807) is 18.7 Å². The van der Waals surface area contributed by atoms with Crippen LogP contribution in [0, 0.1) is 0 Å². The van der Waals surface area contributed by atoms with E-state index in [-0.39, 0.29) is 5.97 Å². The average molecular weight is 264 g/mol. The van der Waals surface area contributed by atoms with Crippen LogP contribution in [0.25, 0.3) is 0 Å². The number of hydrogen-bond donors (Lipinski definition) is 0. The second kappa shape index (κ2) is 8.78. The fourth-order valence-electron chi connectivity index (χ4n) is 1.33. The van der Waals surface area contributed by atoms with E-state index in [2.05, 4.69) is 0 Å². The number of thioether (sulfide) groups is 1. The Morgan fingerprint density at radius 3 is 2.47 bits per heavy atom. The van der Waals surface area contributed by atoms with Crippen LogP contribution in [-0.4, -0.2) is 29.2 Å². The molecule has 1 atom stereocenters. The molecule has 0 aromatic heterocycles. The number of carbonyl (C=O) groups is 1. The third-order valence-corrected chi connectivity index (χ3v) is 3.05. The van der Waals surface area contributed by atoms with Crippen molar-refractivity contribution >= 4 is 17.7 Å². The molecule has 0 aromatic carbocycles. The van der Waals surface area contributed by atoms with Crippen LogP contribution in [0.15, 0.2) is 0 Å². The molecule has 102 valence electrons. The Bertz CT molecular complexity index is 212. The van der Waals surface area contributed by atoms with Gasteiger partial charge in [0.05, 0.1) is 11.9 Å². The molecular weight excluding hydrogens is 239 g/mol. The van der Waals surface area contributed by atoms with Crippen LogP contribution in [0.1, 0.15) is 53.4 Å². The molecule has 17 heavy (non-hydrogen) atoms. The summed E-state index contributed by atoms with van der Waals surface area (Å²) in [7, 11) is 0. The van der Waals surface area contributed by atoms with Gasteiger partial charge < -0.3 is 4.74 Å². The Labute approximate surface area is 109 Å². The van der Waals surface area contributed by atoms with E-state index in [1.165, 1.54) is 0 Å². The van der Waals surface area contributed by atoms with Gasteiger partial charge in [-0.05, 0) is 46.3 Å². The second-order valence-electron chi connectivity index (χ2n) is 5.27. The van der Waals surface area contributed by atoms with Gasteiger partial charge in [-0.15, -0.1) is 0 Å². The summed E-state index contributed by atoms with van der Waals surface area (Å²) < 4.78 is 17.7. The summed E-state index contributed by atoms with van der Waals surface area (Å²) >= 11 is 1.59. The summed E-state index contributed by atoms with van der Waals surface area (Å²) in [6.45, 7) is 7.20. The Morgan fingerprint density at radius 2 is 1.94 bits per heavy atom. The Hall–Kier alpha value is -0.250. The lowest BCUT2D eigenvalue weighted by Crippen LogP contribution is -2.25. The highest BCUT2D eigenvalue weighted by Gasteiger charge is 2.15. The van der Waals surface area contributed by atoms with Gasteiger partial charge in [0.25, 0.3) is 0 Å². The Kier molecular flexibility index (Phi) is 8.66. The molecule has 0 spiro atoms. The standard InChI is InChI=1S/C13H25FO2S/c1-11(14)8-6-5-7-9-17-10-12(15)16-13(2,3)4/h11H,5-10H2,1-4H3. The molecule has 2 nitrogen and oxygen atoms in total. The van der Waals surface area contributed by atoms with E-state index in [4.69, 9.17) is 4.74 Å². The topological polar surface area (TPSA) is 26.3 Å². The summed E-state index contributed by atoms with van der Waals surface area (Å²) in [4.78, 5) is 11.3. The molecule has 0 amide bonds. The van der Waals surface area contributed by atoms with Crippen molar-refractivity contribution in [3.8, 4) is 0 Å². The first kappa shape index (κ1) is 16.8. The number of esters is 1. The monoisotopic (exact) mass is 264 g/mol. The van der Waals surface area contributed by atoms with Gasteiger partial charge in [-0.1, -0.05) is 12.8 Å². The number of rotatable bonds is 8. The zero-order valence-corrected chi connectivity index (χ0v) is 12.2. The zero-order chi connectivity index (χ0) is 13.3. The lowest BCUT2D eigenvalue weighted by atomic mass is 10.1. The summed E-state index contributed by atoms with van der Waals surface area (Å²) in [6.07, 6.45) is 2.97. The molecule has 0 fully saturated rings. The number of carbonyl (C=O) groups excluding carboxylic acids is 1. The molecule has 0 rings (SSSR count). The van der Waals surface area contributed by atoms with Crippen LogP contribution in [0.4, 0.5) is 4.39 Å². The lowest BCUT2D eigenvalue weighted by Gasteiger charge is -2.19. The molecule has 0 saturated heterocycles. The molecule has 4 heteroatoms. The third kappa shape index (κ3) is 13.7. The predicted molar refractivity (Wildman–Crippen MR) is 72.2 cm³/mol. The fourth-order valence-corrected chi connectivity index (χ4v) is 2.11. The maximum Gasteiger partial charge on any atom is 0.316 e. The van der Waals surface area contributed by atoms with Gasteiger partial charge in [0.1, 0.15) is 5.60 Å². The average Bonchev–Trinajstić information content (AvgIpc) is 2.12. The minimum absolute atomic E-state index is 0.153. The molecule has 1 unspecified atom stereocenters. The van der Waals surface area contributed by atoms with Crippen LogP contribution < -0.4 is 0 Å². The number of unbranched alkanes of at least 4 members (excludes halogenated alkanes) is 2. The zero-order valence-electron chi connectivity index (χ0n) is 11.4. The van der Waals surface area contributed by atoms with Crippen LogP contribution in [0.3, 0.4) is 0 Å². The van der Waals surface area contributed by atoms with E-state index < -0.39 is 11.8 Å². The quantitative estimate of drug-likeness (QED) is 0.490. The van der Waals surface area contributed by atoms with E-state index in [9.17, 15) is 9.18 Å². The van der Waals surface area contributed by atoms with E-state index in [1.807, 2.05) is 20.8 Å². The van der Waals surface area contributed by atoms with Crippen molar-refractivity contribution < 1.29 is 13.9 Å². The number of halogens is 1. The van der Waals surface area contributed by atoms with Gasteiger partial charge in [-0.25, -0.2) is 4.39 Å². The van der Waals surface area contributed by atoms with Crippen molar-refractivity contribution in [1.29, 1.82) is 0 Å². The Morgan fingerprint density at radius 1 is 1.29 bits per heavy atom. The molecular formula is C13H25FO2S. The highest BCUT2D eigenvalue weighted by Crippen LogP contribution is 2.12. The second-order valence-corrected chi connectivity index (χ2v) is 6.37. The first-order valence-electron chi connectivity index (χ1n) is 6.25. The lowest BCUT2D eigenvalue weighted by molar-refractivity contribution is -0.151. The molecule has 0 N–H and O–H groups in total. The van der Waals surface area contributed by atoms with Crippen molar-refractivity contribution in [2.75, 3.05) is 11.5 Å². The van der Waals surface area contributed by atoms with Gasteiger partial charge in [0.15, 0.2) is 0 Å². The van der Waals surface area contributed by atoms with Crippen molar-refractivity contribution in [2.24, 2.45) is 0 Å². The molecule has 0 saturated carbocycles. The van der Waals surface area contributed by atoms with Crippen molar-refractivity contribution in [3.63, 3.8) is 0 Å². The first-order valence-corrected chi connectivity index (χ1v) is 7.40. The largest absolute Gasteiger partial charge is 0.459 e. The minimum atomic E-state index is -0.690. The molecule has 0 heterocycles. The third-order valence-electron chi connectivity index (χ3n) is 2.03. The van der Waals surface area contributed by atoms with Crippen LogP contribution >= 0.6 is 11.8 Å². The van der Waals surface area contributed by atoms with Crippen molar-refractivity contribution in [2.45, 2.75) is 65.2 Å². The summed E-state index contributed by atoms with van der Waals surface area (Å²) in [5.74, 6) is 1.20. The molecule has 0 aromatic rings. The molecule has 0 aliphatic carbocycles. The van der Waals surface area contributed by atoms with Crippen molar-refractivity contribution in [3.05, 3.63) is 0 Å². The SMILES string of the molecule is CC(F)CCCCCSCC(=O)OC(C)(C)C. The highest BCUT2D eigenvalue weighted by molar-refractivity contribution is 7.99. The van der Waals surface area contributed by atoms with E-state index >= 15 is 0 Å². The van der Waals surface area contributed by atoms with Gasteiger partial charge in [-0.2, -0.15) is 11.8 Å². The van der Waals surface area contributed by atoms with Crippen LogP contribution in [-0.2, 0) is 9.53 Å². The van der Waals surface area contributed by atoms with E-state index in [0.29, 0.717) is 12.2 Å². The van der Waals surface area contributed by atoms with Gasteiger partial charge in [0.2, 0.25) is 0 Å². The van der Waals surface area contributed by atoms with Gasteiger partial charge in [-0.3, -0.25) is 4.79 Å². The van der Waals surface area contributed by atoms with Crippen molar-refractivity contribution in [1.82, 2.24) is 0 Å². The van der Waals surface area contributed by atoms with Gasteiger partial charge >= 0.3 is 5.97 Å². The maximum absolute atomic E-state index is 12.5. The molecule has 0 aliphatic heterocycles. The fraction of sp³-hybridized carbons (Fsp3) is 0.923. The predicted octanol–water partition coefficient (Wildman–Crippen LogP) is 3.98. The number of hydrogen-bond acceptors (Lipinski definition) is 3. The smallest absolute Gasteiger partial charge is 0.316 e. The number of ether oxygens (including phenoxy) is 1. The highest BCUT2D eigenvalue weighted by atomic mass is 32.2. The van der Waals surface area contributed by atoms with Crippen LogP contribution in [0.2, 0.25) is 0 Å². The summed E-state index contributed by atoms with van der Waals surface area (Å²) in [5, 5.41) is 0.